The van der Waals surface area contributed by atoms with Gasteiger partial charge in [-0.3, -0.25) is 24.2 Å². The molecule has 0 aliphatic heterocycles. The number of hydrogen-bond acceptors (Lipinski definition) is 9. The SMILES string of the molecule is CCc1cc(Nc2nccn3c(-c4ccc(OC)c(F)c4F)cnc23)ccc1C(=O)NCCNC(=O)C(N)CCCNC(=N)N.O=CO. The van der Waals surface area contributed by atoms with E-state index in [1.807, 2.05) is 13.0 Å². The van der Waals surface area contributed by atoms with Crippen LogP contribution in [0.25, 0.3) is 16.9 Å². The predicted octanol–water partition coefficient (Wildman–Crippen LogP) is 2.13. The first-order chi connectivity index (χ1) is 23.1. The van der Waals surface area contributed by atoms with Gasteiger partial charge in [0, 0.05) is 48.8 Å². The van der Waals surface area contributed by atoms with E-state index in [0.29, 0.717) is 54.2 Å². The van der Waals surface area contributed by atoms with Crippen LogP contribution in [0, 0.1) is 17.0 Å². The van der Waals surface area contributed by atoms with Gasteiger partial charge >= 0.3 is 0 Å². The summed E-state index contributed by atoms with van der Waals surface area (Å²) in [5.74, 6) is -2.72. The number of methoxy groups -OCH3 is 1. The summed E-state index contributed by atoms with van der Waals surface area (Å²) in [6.45, 7) is 2.54. The number of hydrogen-bond donors (Lipinski definition) is 8. The van der Waals surface area contributed by atoms with Crippen molar-refractivity contribution in [1.29, 1.82) is 5.41 Å². The summed E-state index contributed by atoms with van der Waals surface area (Å²) in [5, 5.41) is 25.4. The fourth-order valence-corrected chi connectivity index (χ4v) is 4.68. The number of imidazole rings is 1. The average molecular weight is 669 g/mol. The van der Waals surface area contributed by atoms with Gasteiger partial charge in [-0.1, -0.05) is 6.92 Å². The van der Waals surface area contributed by atoms with Gasteiger partial charge in [0.2, 0.25) is 11.7 Å². The first-order valence-corrected chi connectivity index (χ1v) is 14.8. The van der Waals surface area contributed by atoms with E-state index in [-0.39, 0.29) is 48.6 Å². The number of benzene rings is 2. The number of guanidine groups is 1. The number of nitrogens with one attached hydrogen (secondary N) is 5. The molecular weight excluding hydrogens is 630 g/mol. The molecule has 4 rings (SSSR count). The number of anilines is 2. The lowest BCUT2D eigenvalue weighted by atomic mass is 10.0. The third-order valence-corrected chi connectivity index (χ3v) is 7.02. The van der Waals surface area contributed by atoms with Crippen molar-refractivity contribution < 1.29 is 33.0 Å². The van der Waals surface area contributed by atoms with Crippen LogP contribution in [0.4, 0.5) is 20.3 Å². The van der Waals surface area contributed by atoms with Gasteiger partial charge in [0.05, 0.1) is 25.0 Å². The van der Waals surface area contributed by atoms with E-state index in [2.05, 4.69) is 31.2 Å². The van der Waals surface area contributed by atoms with Gasteiger partial charge in [-0.15, -0.1) is 0 Å². The molecule has 2 amide bonds. The largest absolute Gasteiger partial charge is 0.494 e. The molecule has 0 saturated heterocycles. The number of aromatic nitrogens is 3. The molecular formula is C31H38F2N10O5. The van der Waals surface area contributed by atoms with Crippen molar-refractivity contribution in [3.8, 4) is 17.0 Å². The minimum Gasteiger partial charge on any atom is -0.494 e. The number of rotatable bonds is 14. The molecule has 2 aromatic heterocycles. The van der Waals surface area contributed by atoms with Crippen LogP contribution in [0.1, 0.15) is 35.7 Å². The van der Waals surface area contributed by atoms with Crippen molar-refractivity contribution in [3.63, 3.8) is 0 Å². The second-order valence-electron chi connectivity index (χ2n) is 10.1. The van der Waals surface area contributed by atoms with Crippen LogP contribution in [-0.4, -0.2) is 76.5 Å². The molecule has 48 heavy (non-hydrogen) atoms. The summed E-state index contributed by atoms with van der Waals surface area (Å²) >= 11 is 0. The minimum atomic E-state index is -1.09. The van der Waals surface area contributed by atoms with Gasteiger partial charge in [0.1, 0.15) is 0 Å². The maximum absolute atomic E-state index is 14.8. The number of halogens is 2. The van der Waals surface area contributed by atoms with Crippen molar-refractivity contribution in [2.24, 2.45) is 11.5 Å². The second-order valence-corrected chi connectivity index (χ2v) is 10.1. The second kappa shape index (κ2) is 17.7. The standard InChI is InChI=1S/C30H36F2N10O3.CH2O2/c1-3-17-15-18(6-7-19(17)28(43)37-11-12-38-29(44)21(33)5-4-10-39-30(34)35)41-26-27-40-16-22(42(27)14-13-36-26)20-8-9-23(45-2)25(32)24(20)31;2-1-3/h6-9,13-16,21H,3-5,10-12,33H2,1-2H3,(H,36,41)(H,37,43)(H,38,44)(H4,34,35,39);1H,(H,2,3). The molecule has 15 nitrogen and oxygen atoms in total. The molecule has 2 aromatic carbocycles. The number of carbonyl (C=O) groups excluding carboxylic acids is 2. The molecule has 0 spiro atoms. The van der Waals surface area contributed by atoms with E-state index < -0.39 is 17.7 Å². The summed E-state index contributed by atoms with van der Waals surface area (Å²) in [4.78, 5) is 42.2. The number of carbonyl (C=O) groups is 3. The summed E-state index contributed by atoms with van der Waals surface area (Å²) in [6.07, 6.45) is 6.11. The van der Waals surface area contributed by atoms with Crippen LogP contribution in [0.2, 0.25) is 0 Å². The van der Waals surface area contributed by atoms with Crippen molar-refractivity contribution in [2.75, 3.05) is 32.1 Å². The molecule has 4 aromatic rings. The molecule has 256 valence electrons. The smallest absolute Gasteiger partial charge is 0.290 e. The van der Waals surface area contributed by atoms with Crippen molar-refractivity contribution in [3.05, 3.63) is 71.7 Å². The number of nitrogens with two attached hydrogens (primary N) is 2. The quantitative estimate of drug-likeness (QED) is 0.0419. The Hall–Kier alpha value is -5.84. The van der Waals surface area contributed by atoms with Gasteiger partial charge in [-0.05, 0) is 55.2 Å². The van der Waals surface area contributed by atoms with Crippen LogP contribution in [-0.2, 0) is 16.0 Å². The molecule has 0 fully saturated rings. The van der Waals surface area contributed by atoms with E-state index in [0.717, 1.165) is 5.56 Å². The first-order valence-electron chi connectivity index (χ1n) is 14.8. The van der Waals surface area contributed by atoms with Crippen LogP contribution < -0.4 is 37.5 Å². The molecule has 1 atom stereocenters. The molecule has 0 bridgehead atoms. The number of amides is 2. The molecule has 0 radical (unpaired) electrons. The average Bonchev–Trinajstić information content (AvgIpc) is 3.51. The predicted molar refractivity (Wildman–Crippen MR) is 175 cm³/mol. The zero-order valence-electron chi connectivity index (χ0n) is 26.3. The summed E-state index contributed by atoms with van der Waals surface area (Å²) in [5.41, 5.74) is 13.7. The zero-order valence-corrected chi connectivity index (χ0v) is 26.3. The fraction of sp³-hybridized carbons (Fsp3) is 0.290. The van der Waals surface area contributed by atoms with Crippen LogP contribution in [0.3, 0.4) is 0 Å². The highest BCUT2D eigenvalue weighted by atomic mass is 19.2. The third-order valence-electron chi connectivity index (χ3n) is 7.02. The van der Waals surface area contributed by atoms with E-state index >= 15 is 0 Å². The maximum Gasteiger partial charge on any atom is 0.290 e. The summed E-state index contributed by atoms with van der Waals surface area (Å²) < 4.78 is 35.7. The number of nitrogens with zero attached hydrogens (tertiary/aromatic N) is 3. The van der Waals surface area contributed by atoms with Gasteiger partial charge in [0.25, 0.3) is 12.4 Å². The Labute approximate surface area is 274 Å². The Morgan fingerprint density at radius 3 is 2.52 bits per heavy atom. The Balaban J connectivity index is 0.00000201. The van der Waals surface area contributed by atoms with Gasteiger partial charge in [0.15, 0.2) is 29.0 Å². The van der Waals surface area contributed by atoms with Gasteiger partial charge in [-0.2, -0.15) is 4.39 Å². The first kappa shape index (κ1) is 36.6. The Kier molecular flexibility index (Phi) is 13.5. The molecule has 10 N–H and O–H groups in total. The zero-order chi connectivity index (χ0) is 35.2. The van der Waals surface area contributed by atoms with Crippen molar-refractivity contribution in [2.45, 2.75) is 32.2 Å². The third kappa shape index (κ3) is 9.35. The molecule has 0 aliphatic rings. The van der Waals surface area contributed by atoms with Crippen molar-refractivity contribution >= 4 is 41.4 Å². The van der Waals surface area contributed by atoms with Crippen LogP contribution in [0.15, 0.2) is 48.9 Å². The highest BCUT2D eigenvalue weighted by Gasteiger charge is 2.20. The molecule has 17 heteroatoms. The normalized spacial score (nSPS) is 11.1. The van der Waals surface area contributed by atoms with E-state index in [1.165, 1.54) is 31.6 Å². The van der Waals surface area contributed by atoms with Crippen LogP contribution in [0.5, 0.6) is 5.75 Å². The number of ether oxygens (including phenoxy) is 1. The van der Waals surface area contributed by atoms with Crippen molar-refractivity contribution in [1.82, 2.24) is 30.3 Å². The fourth-order valence-electron chi connectivity index (χ4n) is 4.68. The number of fused-ring (bicyclic) bond motifs is 1. The monoisotopic (exact) mass is 668 g/mol. The molecule has 2 heterocycles. The Morgan fingerprint density at radius 1 is 1.10 bits per heavy atom. The minimum absolute atomic E-state index is 0.0164. The van der Waals surface area contributed by atoms with Gasteiger partial charge < -0.3 is 42.6 Å². The summed E-state index contributed by atoms with van der Waals surface area (Å²) in [7, 11) is 1.26. The lowest BCUT2D eigenvalue weighted by Crippen LogP contribution is -2.44. The lowest BCUT2D eigenvalue weighted by molar-refractivity contribution is -0.123. The number of carboxylic acid groups (broad SMARTS) is 1. The lowest BCUT2D eigenvalue weighted by Gasteiger charge is -2.14. The summed E-state index contributed by atoms with van der Waals surface area (Å²) in [6, 6.07) is 7.30. The molecule has 0 aliphatic carbocycles. The Morgan fingerprint density at radius 2 is 1.83 bits per heavy atom. The van der Waals surface area contributed by atoms with E-state index in [1.54, 1.807) is 22.7 Å². The van der Waals surface area contributed by atoms with Gasteiger partial charge in [-0.25, -0.2) is 14.4 Å². The van der Waals surface area contributed by atoms with E-state index in [4.69, 9.17) is 31.5 Å². The molecule has 1 unspecified atom stereocenters. The highest BCUT2D eigenvalue weighted by molar-refractivity contribution is 5.96. The maximum atomic E-state index is 14.8. The number of aryl methyl sites for hydroxylation is 1. The highest BCUT2D eigenvalue weighted by Crippen LogP contribution is 2.31. The van der Waals surface area contributed by atoms with E-state index in [9.17, 15) is 18.4 Å². The van der Waals surface area contributed by atoms with Crippen LogP contribution >= 0.6 is 0 Å². The Bertz CT molecular complexity index is 1750. The molecule has 0 saturated carbocycles. The topological polar surface area (TPSA) is 235 Å².